The second-order valence-corrected chi connectivity index (χ2v) is 5.42. The van der Waals surface area contributed by atoms with Crippen LogP contribution in [0.4, 0.5) is 5.69 Å². The zero-order chi connectivity index (χ0) is 18.1. The minimum atomic E-state index is -0.130. The number of amides is 2. The van der Waals surface area contributed by atoms with Crippen LogP contribution in [0.5, 0.6) is 5.75 Å². The molecule has 0 aromatic heterocycles. The Morgan fingerprint density at radius 3 is 2.48 bits per heavy atom. The van der Waals surface area contributed by atoms with E-state index in [4.69, 9.17) is 4.74 Å². The summed E-state index contributed by atoms with van der Waals surface area (Å²) >= 11 is 0. The lowest BCUT2D eigenvalue weighted by atomic mass is 10.2. The topological polar surface area (TPSA) is 79.5 Å². The van der Waals surface area contributed by atoms with Crippen LogP contribution < -0.4 is 20.7 Å². The van der Waals surface area contributed by atoms with Gasteiger partial charge in [-0.3, -0.25) is 9.59 Å². The van der Waals surface area contributed by atoms with Gasteiger partial charge in [-0.1, -0.05) is 18.2 Å². The lowest BCUT2D eigenvalue weighted by Crippen LogP contribution is -2.29. The van der Waals surface area contributed by atoms with Gasteiger partial charge in [0, 0.05) is 24.3 Å². The molecule has 0 bridgehead atoms. The van der Waals surface area contributed by atoms with Crippen LogP contribution in [0.3, 0.4) is 0 Å². The third-order valence-electron chi connectivity index (χ3n) is 3.56. The predicted molar refractivity (Wildman–Crippen MR) is 97.8 cm³/mol. The first-order valence-corrected chi connectivity index (χ1v) is 8.14. The molecule has 2 amide bonds. The third kappa shape index (κ3) is 5.84. The van der Waals surface area contributed by atoms with E-state index in [1.165, 1.54) is 0 Å². The van der Waals surface area contributed by atoms with Gasteiger partial charge in [0.15, 0.2) is 0 Å². The summed E-state index contributed by atoms with van der Waals surface area (Å²) in [6.45, 7) is 3.02. The van der Waals surface area contributed by atoms with Gasteiger partial charge < -0.3 is 20.7 Å². The first kappa shape index (κ1) is 18.3. The van der Waals surface area contributed by atoms with Crippen molar-refractivity contribution in [2.45, 2.75) is 13.5 Å². The van der Waals surface area contributed by atoms with Crippen molar-refractivity contribution < 1.29 is 14.3 Å². The number of methoxy groups -OCH3 is 1. The summed E-state index contributed by atoms with van der Waals surface area (Å²) in [5, 5.41) is 8.61. The number of hydrogen-bond donors (Lipinski definition) is 3. The van der Waals surface area contributed by atoms with Crippen LogP contribution in [0.1, 0.15) is 22.8 Å². The molecule has 0 aliphatic carbocycles. The van der Waals surface area contributed by atoms with E-state index in [1.807, 2.05) is 37.3 Å². The molecule has 0 unspecified atom stereocenters. The molecule has 0 spiro atoms. The van der Waals surface area contributed by atoms with Crippen LogP contribution in [0.15, 0.2) is 48.5 Å². The van der Waals surface area contributed by atoms with Crippen molar-refractivity contribution in [3.8, 4) is 5.75 Å². The Labute approximate surface area is 147 Å². The highest BCUT2D eigenvalue weighted by Gasteiger charge is 2.06. The van der Waals surface area contributed by atoms with E-state index in [9.17, 15) is 9.59 Å². The first-order chi connectivity index (χ1) is 12.1. The van der Waals surface area contributed by atoms with Crippen molar-refractivity contribution in [2.24, 2.45) is 0 Å². The monoisotopic (exact) mass is 341 g/mol. The standard InChI is InChI=1S/C19H23N3O3/c1-3-20-19(24)15-5-4-6-16(11-15)21-13-18(23)22-12-14-7-9-17(25-2)10-8-14/h4-11,21H,3,12-13H2,1-2H3,(H,20,24)(H,22,23). The second kappa shape index (κ2) is 9.32. The van der Waals surface area contributed by atoms with Crippen LogP contribution in [0.2, 0.25) is 0 Å². The fourth-order valence-electron chi connectivity index (χ4n) is 2.22. The lowest BCUT2D eigenvalue weighted by Gasteiger charge is -2.09. The molecule has 2 rings (SSSR count). The Kier molecular flexibility index (Phi) is 6.83. The number of carbonyl (C=O) groups excluding carboxylic acids is 2. The van der Waals surface area contributed by atoms with Gasteiger partial charge in [0.1, 0.15) is 5.75 Å². The van der Waals surface area contributed by atoms with Crippen molar-refractivity contribution in [1.82, 2.24) is 10.6 Å². The average molecular weight is 341 g/mol. The summed E-state index contributed by atoms with van der Waals surface area (Å²) in [5.74, 6) is 0.526. The number of ether oxygens (including phenoxy) is 1. The molecule has 0 atom stereocenters. The maximum Gasteiger partial charge on any atom is 0.251 e. The summed E-state index contributed by atoms with van der Waals surface area (Å²) < 4.78 is 5.10. The van der Waals surface area contributed by atoms with Gasteiger partial charge >= 0.3 is 0 Å². The Bertz CT molecular complexity index is 714. The number of carbonyl (C=O) groups is 2. The van der Waals surface area contributed by atoms with Crippen molar-refractivity contribution in [1.29, 1.82) is 0 Å². The predicted octanol–water partition coefficient (Wildman–Crippen LogP) is 2.17. The molecule has 0 heterocycles. The normalized spacial score (nSPS) is 10.0. The maximum atomic E-state index is 12.0. The molecule has 25 heavy (non-hydrogen) atoms. The van der Waals surface area contributed by atoms with Crippen LogP contribution in [0.25, 0.3) is 0 Å². The molecule has 0 saturated carbocycles. The SMILES string of the molecule is CCNC(=O)c1cccc(NCC(=O)NCc2ccc(OC)cc2)c1. The number of hydrogen-bond acceptors (Lipinski definition) is 4. The largest absolute Gasteiger partial charge is 0.497 e. The minimum Gasteiger partial charge on any atom is -0.497 e. The maximum absolute atomic E-state index is 12.0. The van der Waals surface area contributed by atoms with Gasteiger partial charge in [-0.05, 0) is 42.8 Å². The van der Waals surface area contributed by atoms with Gasteiger partial charge in [-0.25, -0.2) is 0 Å². The molecule has 6 heteroatoms. The van der Waals surface area contributed by atoms with Crippen molar-refractivity contribution >= 4 is 17.5 Å². The highest BCUT2D eigenvalue weighted by atomic mass is 16.5. The minimum absolute atomic E-state index is 0.126. The Morgan fingerprint density at radius 1 is 1.04 bits per heavy atom. The molecule has 2 aromatic rings. The van der Waals surface area contributed by atoms with Crippen molar-refractivity contribution in [3.63, 3.8) is 0 Å². The number of benzene rings is 2. The van der Waals surface area contributed by atoms with Crippen LogP contribution >= 0.6 is 0 Å². The highest BCUT2D eigenvalue weighted by molar-refractivity contribution is 5.95. The van der Waals surface area contributed by atoms with Gasteiger partial charge in [0.05, 0.1) is 13.7 Å². The van der Waals surface area contributed by atoms with E-state index in [2.05, 4.69) is 16.0 Å². The van der Waals surface area contributed by atoms with E-state index < -0.39 is 0 Å². The molecule has 0 fully saturated rings. The Balaban J connectivity index is 1.81. The average Bonchev–Trinajstić information content (AvgIpc) is 2.65. The van der Waals surface area contributed by atoms with Crippen LogP contribution in [-0.4, -0.2) is 32.0 Å². The Hall–Kier alpha value is -3.02. The molecule has 0 radical (unpaired) electrons. The van der Waals surface area contributed by atoms with E-state index in [0.29, 0.717) is 18.7 Å². The first-order valence-electron chi connectivity index (χ1n) is 8.14. The lowest BCUT2D eigenvalue weighted by molar-refractivity contribution is -0.119. The van der Waals surface area contributed by atoms with Gasteiger partial charge in [0.2, 0.25) is 5.91 Å². The Morgan fingerprint density at radius 2 is 1.80 bits per heavy atom. The summed E-state index contributed by atoms with van der Waals surface area (Å²) in [7, 11) is 1.61. The van der Waals surface area contributed by atoms with Crippen LogP contribution in [-0.2, 0) is 11.3 Å². The molecule has 2 aromatic carbocycles. The van der Waals surface area contributed by atoms with Crippen molar-refractivity contribution in [2.75, 3.05) is 25.5 Å². The van der Waals surface area contributed by atoms with Crippen molar-refractivity contribution in [3.05, 3.63) is 59.7 Å². The van der Waals surface area contributed by atoms with E-state index in [-0.39, 0.29) is 18.4 Å². The zero-order valence-electron chi connectivity index (χ0n) is 14.5. The number of rotatable bonds is 8. The molecule has 0 aliphatic heterocycles. The summed E-state index contributed by atoms with van der Waals surface area (Å²) in [6, 6.07) is 14.6. The fraction of sp³-hybridized carbons (Fsp3) is 0.263. The highest BCUT2D eigenvalue weighted by Crippen LogP contribution is 2.11. The fourth-order valence-corrected chi connectivity index (χ4v) is 2.22. The number of anilines is 1. The van der Waals surface area contributed by atoms with Gasteiger partial charge in [-0.2, -0.15) is 0 Å². The summed E-state index contributed by atoms with van der Waals surface area (Å²) in [5.41, 5.74) is 2.28. The van der Waals surface area contributed by atoms with Gasteiger partial charge in [0.25, 0.3) is 5.91 Å². The second-order valence-electron chi connectivity index (χ2n) is 5.42. The third-order valence-corrected chi connectivity index (χ3v) is 3.56. The molecular weight excluding hydrogens is 318 g/mol. The molecule has 132 valence electrons. The number of nitrogens with one attached hydrogen (secondary N) is 3. The van der Waals surface area contributed by atoms with Crippen LogP contribution in [0, 0.1) is 0 Å². The molecule has 0 saturated heterocycles. The molecular formula is C19H23N3O3. The smallest absolute Gasteiger partial charge is 0.251 e. The molecule has 3 N–H and O–H groups in total. The molecule has 6 nitrogen and oxygen atoms in total. The van der Waals surface area contributed by atoms with E-state index in [1.54, 1.807) is 25.3 Å². The molecule has 0 aliphatic rings. The van der Waals surface area contributed by atoms with Gasteiger partial charge in [-0.15, -0.1) is 0 Å². The van der Waals surface area contributed by atoms with E-state index >= 15 is 0 Å². The quantitative estimate of drug-likeness (QED) is 0.687. The zero-order valence-corrected chi connectivity index (χ0v) is 14.5. The summed E-state index contributed by atoms with van der Waals surface area (Å²) in [6.07, 6.45) is 0. The summed E-state index contributed by atoms with van der Waals surface area (Å²) in [4.78, 5) is 23.8. The van der Waals surface area contributed by atoms with E-state index in [0.717, 1.165) is 17.0 Å².